The van der Waals surface area contributed by atoms with Crippen molar-refractivity contribution < 1.29 is 13.9 Å². The fourth-order valence-corrected chi connectivity index (χ4v) is 2.47. The quantitative estimate of drug-likeness (QED) is 0.780. The largest absolute Gasteiger partial charge is 0.459 e. The van der Waals surface area contributed by atoms with Crippen LogP contribution in [0.25, 0.3) is 11.3 Å². The number of nitrogens with zero attached hydrogens (tertiary/aromatic N) is 2. The van der Waals surface area contributed by atoms with Gasteiger partial charge >= 0.3 is 5.97 Å². The van der Waals surface area contributed by atoms with Crippen molar-refractivity contribution in [3.05, 3.63) is 41.8 Å². The molecular formula is C19H26FN3O2. The number of aromatic nitrogens is 2. The Morgan fingerprint density at radius 3 is 2.60 bits per heavy atom. The first kappa shape index (κ1) is 19.1. The molecule has 0 saturated carbocycles. The third-order valence-electron chi connectivity index (χ3n) is 3.58. The summed E-state index contributed by atoms with van der Waals surface area (Å²) in [4.78, 5) is 13.7. The number of ether oxygens (including phenoxy) is 1. The van der Waals surface area contributed by atoms with Gasteiger partial charge in [-0.05, 0) is 77.5 Å². The highest BCUT2D eigenvalue weighted by atomic mass is 19.1. The molecule has 6 heteroatoms. The van der Waals surface area contributed by atoms with Gasteiger partial charge in [-0.3, -0.25) is 14.8 Å². The molecule has 2 rings (SSSR count). The van der Waals surface area contributed by atoms with Crippen LogP contribution < -0.4 is 0 Å². The number of aryl methyl sites for hydroxylation is 1. The first-order chi connectivity index (χ1) is 11.7. The average molecular weight is 347 g/mol. The first-order valence-corrected chi connectivity index (χ1v) is 8.43. The molecule has 0 unspecified atom stereocenters. The fraction of sp³-hybridized carbons (Fsp3) is 0.474. The predicted molar refractivity (Wildman–Crippen MR) is 95.6 cm³/mol. The van der Waals surface area contributed by atoms with E-state index in [1.807, 2.05) is 38.8 Å². The summed E-state index contributed by atoms with van der Waals surface area (Å²) in [5.74, 6) is -0.470. The molecule has 0 fully saturated rings. The van der Waals surface area contributed by atoms with Gasteiger partial charge in [-0.1, -0.05) is 0 Å². The molecule has 0 spiro atoms. The summed E-state index contributed by atoms with van der Waals surface area (Å²) in [7, 11) is 1.90. The van der Waals surface area contributed by atoms with E-state index in [0.717, 1.165) is 36.3 Å². The molecule has 2 aromatic rings. The second-order valence-electron chi connectivity index (χ2n) is 7.21. The molecule has 0 aliphatic rings. The van der Waals surface area contributed by atoms with E-state index in [0.29, 0.717) is 0 Å². The highest BCUT2D eigenvalue weighted by Crippen LogP contribution is 2.18. The first-order valence-electron chi connectivity index (χ1n) is 8.43. The van der Waals surface area contributed by atoms with Crippen molar-refractivity contribution in [2.45, 2.75) is 39.2 Å². The maximum atomic E-state index is 13.0. The normalized spacial score (nSPS) is 11.8. The number of benzene rings is 1. The smallest absolute Gasteiger partial charge is 0.320 e. The molecule has 1 N–H and O–H groups in total. The number of rotatable bonds is 7. The Kier molecular flexibility index (Phi) is 6.31. The van der Waals surface area contributed by atoms with Gasteiger partial charge < -0.3 is 4.74 Å². The number of hydrogen-bond donors (Lipinski definition) is 1. The molecule has 0 atom stereocenters. The van der Waals surface area contributed by atoms with Crippen LogP contribution in [0.15, 0.2) is 30.3 Å². The lowest BCUT2D eigenvalue weighted by Crippen LogP contribution is -2.33. The van der Waals surface area contributed by atoms with Crippen molar-refractivity contribution in [3.8, 4) is 11.3 Å². The number of likely N-dealkylation sites (N-methyl/N-ethyl adjacent to an activating group) is 1. The maximum Gasteiger partial charge on any atom is 0.320 e. The minimum atomic E-state index is -0.454. The molecule has 0 radical (unpaired) electrons. The molecule has 25 heavy (non-hydrogen) atoms. The van der Waals surface area contributed by atoms with Gasteiger partial charge in [-0.25, -0.2) is 4.39 Å². The minimum absolute atomic E-state index is 0.213. The van der Waals surface area contributed by atoms with Crippen LogP contribution in [0.2, 0.25) is 0 Å². The second-order valence-corrected chi connectivity index (χ2v) is 7.21. The Balaban J connectivity index is 1.76. The number of esters is 1. The number of aromatic amines is 1. The van der Waals surface area contributed by atoms with Gasteiger partial charge in [0.2, 0.25) is 0 Å². The molecular weight excluding hydrogens is 321 g/mol. The SMILES string of the molecule is CN(CCCc1cc(-c2ccc(F)cc2)n[nH]1)CC(=O)OC(C)(C)C. The van der Waals surface area contributed by atoms with Crippen molar-refractivity contribution >= 4 is 5.97 Å². The third kappa shape index (κ3) is 6.66. The summed E-state index contributed by atoms with van der Waals surface area (Å²) in [6, 6.07) is 8.25. The highest BCUT2D eigenvalue weighted by molar-refractivity contribution is 5.72. The highest BCUT2D eigenvalue weighted by Gasteiger charge is 2.17. The summed E-state index contributed by atoms with van der Waals surface area (Å²) in [6.45, 7) is 6.65. The van der Waals surface area contributed by atoms with Crippen molar-refractivity contribution in [2.24, 2.45) is 0 Å². The number of H-pyrrole nitrogens is 1. The van der Waals surface area contributed by atoms with Gasteiger partial charge in [0.05, 0.1) is 12.2 Å². The van der Waals surface area contributed by atoms with Gasteiger partial charge in [0.15, 0.2) is 0 Å². The standard InChI is InChI=1S/C19H26FN3O2/c1-19(2,3)25-18(24)13-23(4)11-5-6-16-12-17(22-21-16)14-7-9-15(20)10-8-14/h7-10,12H,5-6,11,13H2,1-4H3,(H,21,22). The molecule has 0 bridgehead atoms. The van der Waals surface area contributed by atoms with Gasteiger partial charge in [0.1, 0.15) is 11.4 Å². The lowest BCUT2D eigenvalue weighted by molar-refractivity contribution is -0.155. The molecule has 1 aromatic heterocycles. The lowest BCUT2D eigenvalue weighted by Gasteiger charge is -2.22. The summed E-state index contributed by atoms with van der Waals surface area (Å²) in [5, 5.41) is 7.28. The summed E-state index contributed by atoms with van der Waals surface area (Å²) >= 11 is 0. The van der Waals surface area contributed by atoms with Crippen LogP contribution in [0, 0.1) is 5.82 Å². The van der Waals surface area contributed by atoms with E-state index in [4.69, 9.17) is 4.74 Å². The Hall–Kier alpha value is -2.21. The zero-order valence-corrected chi connectivity index (χ0v) is 15.3. The second kappa shape index (κ2) is 8.25. The Morgan fingerprint density at radius 1 is 1.28 bits per heavy atom. The van der Waals surface area contributed by atoms with E-state index < -0.39 is 5.60 Å². The van der Waals surface area contributed by atoms with Crippen LogP contribution in [-0.2, 0) is 16.0 Å². The number of carbonyl (C=O) groups is 1. The fourth-order valence-electron chi connectivity index (χ4n) is 2.47. The molecule has 0 aliphatic carbocycles. The van der Waals surface area contributed by atoms with E-state index in [1.165, 1.54) is 12.1 Å². The van der Waals surface area contributed by atoms with Crippen LogP contribution >= 0.6 is 0 Å². The van der Waals surface area contributed by atoms with E-state index in [-0.39, 0.29) is 18.3 Å². The van der Waals surface area contributed by atoms with E-state index in [2.05, 4.69) is 10.2 Å². The summed E-state index contributed by atoms with van der Waals surface area (Å²) in [5.41, 5.74) is 2.25. The van der Waals surface area contributed by atoms with Gasteiger partial charge in [-0.2, -0.15) is 5.10 Å². The van der Waals surface area contributed by atoms with Crippen molar-refractivity contribution in [1.82, 2.24) is 15.1 Å². The lowest BCUT2D eigenvalue weighted by atomic mass is 10.1. The molecule has 0 aliphatic heterocycles. The van der Waals surface area contributed by atoms with Gasteiger partial charge in [0.25, 0.3) is 0 Å². The van der Waals surface area contributed by atoms with Gasteiger partial charge in [-0.15, -0.1) is 0 Å². The van der Waals surface area contributed by atoms with Crippen molar-refractivity contribution in [2.75, 3.05) is 20.1 Å². The summed E-state index contributed by atoms with van der Waals surface area (Å²) < 4.78 is 18.3. The summed E-state index contributed by atoms with van der Waals surface area (Å²) in [6.07, 6.45) is 1.72. The molecule has 1 heterocycles. The van der Waals surface area contributed by atoms with Crippen LogP contribution in [0.3, 0.4) is 0 Å². The molecule has 5 nitrogen and oxygen atoms in total. The van der Waals surface area contributed by atoms with E-state index in [1.54, 1.807) is 12.1 Å². The Labute approximate surface area is 148 Å². The monoisotopic (exact) mass is 347 g/mol. The average Bonchev–Trinajstić information content (AvgIpc) is 2.94. The number of halogens is 1. The maximum absolute atomic E-state index is 13.0. The number of hydrogen-bond acceptors (Lipinski definition) is 4. The number of carbonyl (C=O) groups excluding carboxylic acids is 1. The van der Waals surface area contributed by atoms with Crippen LogP contribution in [-0.4, -0.2) is 46.8 Å². The molecule has 1 aromatic carbocycles. The zero-order chi connectivity index (χ0) is 18.4. The van der Waals surface area contributed by atoms with E-state index in [9.17, 15) is 9.18 Å². The van der Waals surface area contributed by atoms with Crippen LogP contribution in [0.5, 0.6) is 0 Å². The van der Waals surface area contributed by atoms with Crippen LogP contribution in [0.1, 0.15) is 32.9 Å². The Bertz CT molecular complexity index is 689. The number of nitrogens with one attached hydrogen (secondary N) is 1. The predicted octanol–water partition coefficient (Wildman–Crippen LogP) is 3.42. The topological polar surface area (TPSA) is 58.2 Å². The molecule has 0 saturated heterocycles. The zero-order valence-electron chi connectivity index (χ0n) is 15.3. The van der Waals surface area contributed by atoms with Crippen LogP contribution in [0.4, 0.5) is 4.39 Å². The molecule has 0 amide bonds. The Morgan fingerprint density at radius 2 is 1.96 bits per heavy atom. The van der Waals surface area contributed by atoms with Gasteiger partial charge in [0, 0.05) is 11.3 Å². The minimum Gasteiger partial charge on any atom is -0.459 e. The molecule has 136 valence electrons. The van der Waals surface area contributed by atoms with Crippen molar-refractivity contribution in [1.29, 1.82) is 0 Å². The third-order valence-corrected chi connectivity index (χ3v) is 3.58. The van der Waals surface area contributed by atoms with Crippen molar-refractivity contribution in [3.63, 3.8) is 0 Å². The van der Waals surface area contributed by atoms with E-state index >= 15 is 0 Å².